The van der Waals surface area contributed by atoms with Crippen LogP contribution in [0.2, 0.25) is 0 Å². The number of methoxy groups -OCH3 is 2. The van der Waals surface area contributed by atoms with Gasteiger partial charge in [0.25, 0.3) is 0 Å². The Hall–Kier alpha value is -1.04. The van der Waals surface area contributed by atoms with E-state index in [-0.39, 0.29) is 18.4 Å². The molecule has 1 heterocycles. The highest BCUT2D eigenvalue weighted by Crippen LogP contribution is 2.10. The van der Waals surface area contributed by atoms with E-state index in [9.17, 15) is 0 Å². The van der Waals surface area contributed by atoms with Crippen molar-refractivity contribution >= 4 is 0 Å². The largest absolute Gasteiger partial charge is 0.354 e. The molecule has 1 aromatic rings. The Morgan fingerprint density at radius 1 is 1.19 bits per heavy atom. The van der Waals surface area contributed by atoms with Crippen LogP contribution in [0.5, 0.6) is 0 Å². The highest BCUT2D eigenvalue weighted by Gasteiger charge is 2.18. The molecule has 1 rings (SSSR count). The number of hydrogen-bond donors (Lipinski definition) is 1. The Kier molecular flexibility index (Phi) is 5.31. The van der Waals surface area contributed by atoms with Gasteiger partial charge in [0.05, 0.1) is 11.7 Å². The van der Waals surface area contributed by atoms with Gasteiger partial charge in [-0.2, -0.15) is 0 Å². The van der Waals surface area contributed by atoms with Crippen LogP contribution in [0.1, 0.15) is 25.6 Å². The summed E-state index contributed by atoms with van der Waals surface area (Å²) >= 11 is 0. The Bertz CT molecular complexity index is 291. The molecule has 0 saturated heterocycles. The van der Waals surface area contributed by atoms with Crippen molar-refractivity contribution in [3.05, 3.63) is 24.3 Å². The van der Waals surface area contributed by atoms with Crippen LogP contribution >= 0.6 is 0 Å². The molecule has 2 unspecified atom stereocenters. The molecule has 0 aliphatic rings. The fourth-order valence-corrected chi connectivity index (χ4v) is 1.60. The first-order chi connectivity index (χ1) is 7.69. The van der Waals surface area contributed by atoms with Crippen LogP contribution in [0.4, 0.5) is 0 Å². The Morgan fingerprint density at radius 3 is 2.38 bits per heavy atom. The molecule has 0 aliphatic carbocycles. The molecule has 0 amide bonds. The molecule has 0 aliphatic heterocycles. The van der Waals surface area contributed by atoms with E-state index in [1.54, 1.807) is 32.8 Å². The van der Waals surface area contributed by atoms with Gasteiger partial charge in [0.1, 0.15) is 0 Å². The second kappa shape index (κ2) is 6.52. The van der Waals surface area contributed by atoms with E-state index in [0.717, 1.165) is 5.69 Å². The van der Waals surface area contributed by atoms with E-state index >= 15 is 0 Å². The fraction of sp³-hybridized carbons (Fsp3) is 0.636. The van der Waals surface area contributed by atoms with Crippen LogP contribution in [0.3, 0.4) is 0 Å². The number of nitrogens with one attached hydrogen (secondary N) is 1. The highest BCUT2D eigenvalue weighted by molar-refractivity contribution is 5.01. The summed E-state index contributed by atoms with van der Waals surface area (Å²) in [5.74, 6) is 0. The number of rotatable bonds is 6. The van der Waals surface area contributed by atoms with Gasteiger partial charge in [0, 0.05) is 38.9 Å². The molecule has 5 nitrogen and oxygen atoms in total. The van der Waals surface area contributed by atoms with Crippen molar-refractivity contribution in [1.82, 2.24) is 15.3 Å². The third kappa shape index (κ3) is 3.52. The summed E-state index contributed by atoms with van der Waals surface area (Å²) in [6.07, 6.45) is 4.83. The van der Waals surface area contributed by atoms with Gasteiger partial charge in [0.2, 0.25) is 0 Å². The predicted octanol–water partition coefficient (Wildman–Crippen LogP) is 1.13. The average Bonchev–Trinajstić information content (AvgIpc) is 2.31. The number of hydrogen-bond acceptors (Lipinski definition) is 5. The molecule has 0 aromatic carbocycles. The maximum Gasteiger partial charge on any atom is 0.171 e. The van der Waals surface area contributed by atoms with E-state index in [4.69, 9.17) is 9.47 Å². The van der Waals surface area contributed by atoms with E-state index in [0.29, 0.717) is 0 Å². The number of aromatic nitrogens is 2. The minimum atomic E-state index is -0.265. The molecule has 2 atom stereocenters. The summed E-state index contributed by atoms with van der Waals surface area (Å²) in [4.78, 5) is 8.27. The van der Waals surface area contributed by atoms with Crippen LogP contribution in [0.15, 0.2) is 18.6 Å². The second-order valence-corrected chi connectivity index (χ2v) is 3.65. The van der Waals surface area contributed by atoms with Crippen LogP contribution in [-0.4, -0.2) is 36.5 Å². The lowest BCUT2D eigenvalue weighted by Crippen LogP contribution is -2.41. The van der Waals surface area contributed by atoms with Crippen molar-refractivity contribution in [3.8, 4) is 0 Å². The zero-order valence-corrected chi connectivity index (χ0v) is 10.2. The molecule has 5 heteroatoms. The van der Waals surface area contributed by atoms with E-state index < -0.39 is 0 Å². The lowest BCUT2D eigenvalue weighted by atomic mass is 10.2. The van der Waals surface area contributed by atoms with Crippen LogP contribution in [-0.2, 0) is 9.47 Å². The zero-order valence-electron chi connectivity index (χ0n) is 10.2. The van der Waals surface area contributed by atoms with E-state index in [2.05, 4.69) is 15.3 Å². The van der Waals surface area contributed by atoms with Crippen molar-refractivity contribution in [2.75, 3.05) is 14.2 Å². The minimum absolute atomic E-state index is 0.0759. The average molecular weight is 225 g/mol. The Labute approximate surface area is 96.2 Å². The molecular weight excluding hydrogens is 206 g/mol. The standard InChI is InChI=1S/C11H19N3O2/c1-8(10-7-12-5-6-13-10)14-9(2)11(15-3)16-4/h5-9,11,14H,1-4H3. The SMILES string of the molecule is COC(OC)C(C)NC(C)c1cnccn1. The first kappa shape index (κ1) is 13.0. The number of ether oxygens (including phenoxy) is 2. The maximum absolute atomic E-state index is 5.18. The van der Waals surface area contributed by atoms with Gasteiger partial charge in [-0.05, 0) is 13.8 Å². The van der Waals surface area contributed by atoms with Crippen LogP contribution in [0.25, 0.3) is 0 Å². The molecule has 0 fully saturated rings. The Balaban J connectivity index is 2.54. The second-order valence-electron chi connectivity index (χ2n) is 3.65. The normalized spacial score (nSPS) is 15.1. The summed E-state index contributed by atoms with van der Waals surface area (Å²) in [6, 6.07) is 0.184. The first-order valence-corrected chi connectivity index (χ1v) is 5.26. The molecule has 90 valence electrons. The summed E-state index contributed by atoms with van der Waals surface area (Å²) in [6.45, 7) is 4.04. The third-order valence-electron chi connectivity index (χ3n) is 2.41. The van der Waals surface area contributed by atoms with Gasteiger partial charge in [0.15, 0.2) is 6.29 Å². The molecule has 1 N–H and O–H groups in total. The van der Waals surface area contributed by atoms with Crippen molar-refractivity contribution in [2.45, 2.75) is 32.2 Å². The molecule has 0 bridgehead atoms. The van der Waals surface area contributed by atoms with Crippen LogP contribution < -0.4 is 5.32 Å². The van der Waals surface area contributed by atoms with Crippen molar-refractivity contribution in [2.24, 2.45) is 0 Å². The number of nitrogens with zero attached hydrogens (tertiary/aromatic N) is 2. The van der Waals surface area contributed by atoms with Crippen molar-refractivity contribution in [1.29, 1.82) is 0 Å². The van der Waals surface area contributed by atoms with Crippen molar-refractivity contribution < 1.29 is 9.47 Å². The summed E-state index contributed by atoms with van der Waals surface area (Å²) < 4.78 is 10.4. The summed E-state index contributed by atoms with van der Waals surface area (Å²) in [7, 11) is 3.25. The van der Waals surface area contributed by atoms with E-state index in [1.165, 1.54) is 0 Å². The van der Waals surface area contributed by atoms with Gasteiger partial charge in [-0.1, -0.05) is 0 Å². The van der Waals surface area contributed by atoms with Crippen molar-refractivity contribution in [3.63, 3.8) is 0 Å². The summed E-state index contributed by atoms with van der Waals surface area (Å²) in [5.41, 5.74) is 0.903. The lowest BCUT2D eigenvalue weighted by molar-refractivity contribution is -0.120. The molecule has 1 aromatic heterocycles. The molecular formula is C11H19N3O2. The zero-order chi connectivity index (χ0) is 12.0. The highest BCUT2D eigenvalue weighted by atomic mass is 16.7. The van der Waals surface area contributed by atoms with Crippen LogP contribution in [0, 0.1) is 0 Å². The molecule has 0 saturated carbocycles. The minimum Gasteiger partial charge on any atom is -0.354 e. The summed E-state index contributed by atoms with van der Waals surface area (Å²) in [5, 5.41) is 3.35. The quantitative estimate of drug-likeness (QED) is 0.736. The van der Waals surface area contributed by atoms with Gasteiger partial charge in [-0.15, -0.1) is 0 Å². The van der Waals surface area contributed by atoms with Gasteiger partial charge < -0.3 is 14.8 Å². The topological polar surface area (TPSA) is 56.3 Å². The molecule has 0 spiro atoms. The lowest BCUT2D eigenvalue weighted by Gasteiger charge is -2.25. The maximum atomic E-state index is 5.18. The monoisotopic (exact) mass is 225 g/mol. The molecule has 0 radical (unpaired) electrons. The smallest absolute Gasteiger partial charge is 0.171 e. The van der Waals surface area contributed by atoms with Gasteiger partial charge >= 0.3 is 0 Å². The molecule has 16 heavy (non-hydrogen) atoms. The van der Waals surface area contributed by atoms with E-state index in [1.807, 2.05) is 13.8 Å². The van der Waals surface area contributed by atoms with Gasteiger partial charge in [-0.25, -0.2) is 0 Å². The van der Waals surface area contributed by atoms with Gasteiger partial charge in [-0.3, -0.25) is 9.97 Å². The Morgan fingerprint density at radius 2 is 1.88 bits per heavy atom. The third-order valence-corrected chi connectivity index (χ3v) is 2.41. The fourth-order valence-electron chi connectivity index (χ4n) is 1.60. The first-order valence-electron chi connectivity index (χ1n) is 5.26. The predicted molar refractivity (Wildman–Crippen MR) is 60.9 cm³/mol.